The Hall–Kier alpha value is -3.12. The quantitative estimate of drug-likeness (QED) is 0.0208. The van der Waals surface area contributed by atoms with E-state index in [0.29, 0.717) is 12.8 Å². The summed E-state index contributed by atoms with van der Waals surface area (Å²) in [4.78, 5) is 25.3. The van der Waals surface area contributed by atoms with Crippen molar-refractivity contribution in [2.45, 2.75) is 192 Å². The molecule has 1 aliphatic rings. The van der Waals surface area contributed by atoms with Crippen LogP contribution in [-0.2, 0) is 28.5 Å². The van der Waals surface area contributed by atoms with Crippen LogP contribution in [0.15, 0.2) is 85.1 Å². The third-order valence-electron chi connectivity index (χ3n) is 9.79. The van der Waals surface area contributed by atoms with E-state index in [1.54, 1.807) is 0 Å². The molecule has 0 aliphatic carbocycles. The van der Waals surface area contributed by atoms with Crippen molar-refractivity contribution in [3.05, 3.63) is 85.1 Å². The maximum absolute atomic E-state index is 12.7. The van der Waals surface area contributed by atoms with Gasteiger partial charge in [0.2, 0.25) is 0 Å². The lowest BCUT2D eigenvalue weighted by atomic mass is 9.99. The van der Waals surface area contributed by atoms with Crippen molar-refractivity contribution in [1.82, 2.24) is 0 Å². The van der Waals surface area contributed by atoms with Crippen LogP contribution in [0.25, 0.3) is 0 Å². The van der Waals surface area contributed by atoms with Gasteiger partial charge in [-0.05, 0) is 77.0 Å². The number of aliphatic hydroxyl groups excluding tert-OH is 4. The summed E-state index contributed by atoms with van der Waals surface area (Å²) in [6, 6.07) is 0. The Balaban J connectivity index is 2.41. The number of ether oxygens (including phenoxy) is 4. The van der Waals surface area contributed by atoms with Crippen LogP contribution in [-0.4, -0.2) is 89.0 Å². The summed E-state index contributed by atoms with van der Waals surface area (Å²) in [6.45, 7) is 3.27. The predicted molar refractivity (Wildman–Crippen MR) is 237 cm³/mol. The first-order chi connectivity index (χ1) is 28.8. The highest BCUT2D eigenvalue weighted by atomic mass is 16.7. The number of allylic oxidation sites excluding steroid dienone is 14. The van der Waals surface area contributed by atoms with E-state index in [1.807, 2.05) is 12.2 Å². The molecule has 6 atom stereocenters. The first kappa shape index (κ1) is 53.9. The van der Waals surface area contributed by atoms with E-state index >= 15 is 0 Å². The van der Waals surface area contributed by atoms with Gasteiger partial charge in [-0.3, -0.25) is 9.59 Å². The van der Waals surface area contributed by atoms with Gasteiger partial charge in [-0.15, -0.1) is 0 Å². The van der Waals surface area contributed by atoms with E-state index in [1.165, 1.54) is 51.4 Å². The van der Waals surface area contributed by atoms with Crippen LogP contribution in [0.4, 0.5) is 0 Å². The number of rotatable bonds is 36. The van der Waals surface area contributed by atoms with Crippen molar-refractivity contribution in [3.8, 4) is 0 Å². The second-order valence-corrected chi connectivity index (χ2v) is 15.2. The Labute approximate surface area is 356 Å². The summed E-state index contributed by atoms with van der Waals surface area (Å²) in [5.74, 6) is -0.929. The van der Waals surface area contributed by atoms with Gasteiger partial charge < -0.3 is 39.4 Å². The molecule has 1 heterocycles. The van der Waals surface area contributed by atoms with E-state index in [0.717, 1.165) is 64.2 Å². The zero-order valence-corrected chi connectivity index (χ0v) is 36.5. The minimum atomic E-state index is -1.61. The van der Waals surface area contributed by atoms with Crippen molar-refractivity contribution in [3.63, 3.8) is 0 Å². The Bertz CT molecular complexity index is 1230. The highest BCUT2D eigenvalue weighted by Gasteiger charge is 2.44. The second-order valence-electron chi connectivity index (χ2n) is 15.2. The molecular formula is C49H80O10. The van der Waals surface area contributed by atoms with Gasteiger partial charge in [-0.2, -0.15) is 0 Å². The maximum atomic E-state index is 12.7. The molecule has 10 heteroatoms. The summed E-state index contributed by atoms with van der Waals surface area (Å²) in [5.41, 5.74) is 0. The Kier molecular flexibility index (Phi) is 35.7. The minimum absolute atomic E-state index is 0.0984. The fraction of sp³-hybridized carbons (Fsp3) is 0.673. The number of esters is 2. The number of unbranched alkanes of at least 4 members (excludes halogenated alkanes) is 12. The lowest BCUT2D eigenvalue weighted by Crippen LogP contribution is -2.59. The van der Waals surface area contributed by atoms with Gasteiger partial charge >= 0.3 is 11.9 Å². The molecule has 0 saturated carbocycles. The normalized spacial score (nSPS) is 20.8. The van der Waals surface area contributed by atoms with E-state index < -0.39 is 55.4 Å². The van der Waals surface area contributed by atoms with E-state index in [2.05, 4.69) is 86.8 Å². The van der Waals surface area contributed by atoms with Gasteiger partial charge in [-0.25, -0.2) is 0 Å². The lowest BCUT2D eigenvalue weighted by Gasteiger charge is -2.39. The summed E-state index contributed by atoms with van der Waals surface area (Å²) in [7, 11) is 0. The van der Waals surface area contributed by atoms with Crippen LogP contribution < -0.4 is 0 Å². The van der Waals surface area contributed by atoms with E-state index in [9.17, 15) is 30.0 Å². The van der Waals surface area contributed by atoms with Gasteiger partial charge in [0.25, 0.3) is 0 Å². The van der Waals surface area contributed by atoms with Gasteiger partial charge in [-0.1, -0.05) is 150 Å². The van der Waals surface area contributed by atoms with Gasteiger partial charge in [0, 0.05) is 12.8 Å². The first-order valence-corrected chi connectivity index (χ1v) is 22.7. The van der Waals surface area contributed by atoms with Crippen LogP contribution in [0.5, 0.6) is 0 Å². The molecule has 336 valence electrons. The Morgan fingerprint density at radius 2 is 1.03 bits per heavy atom. The van der Waals surface area contributed by atoms with Gasteiger partial charge in [0.1, 0.15) is 31.0 Å². The number of carbonyl (C=O) groups excluding carboxylic acids is 2. The number of aliphatic hydroxyl groups is 4. The SMILES string of the molecule is CCCCC/C=C/C/C=C/C/C=C/C/C=C/C/C=C/CCC(=O)O[C@H](COC(=O)CCCCCCC/C=C/C=C/CCCCCC)CO[C@@H]1O[C@H](CO)[C@H](O)C(O)C1O. The van der Waals surface area contributed by atoms with Crippen LogP contribution in [0.3, 0.4) is 0 Å². The molecule has 0 amide bonds. The monoisotopic (exact) mass is 829 g/mol. The largest absolute Gasteiger partial charge is 0.462 e. The maximum Gasteiger partial charge on any atom is 0.306 e. The molecule has 1 fully saturated rings. The molecular weight excluding hydrogens is 749 g/mol. The van der Waals surface area contributed by atoms with Crippen molar-refractivity contribution < 1.29 is 49.0 Å². The first-order valence-electron chi connectivity index (χ1n) is 22.7. The van der Waals surface area contributed by atoms with Crippen molar-refractivity contribution in [2.24, 2.45) is 0 Å². The van der Waals surface area contributed by atoms with Crippen LogP contribution in [0.1, 0.15) is 155 Å². The topological polar surface area (TPSA) is 152 Å². The van der Waals surface area contributed by atoms with Crippen LogP contribution in [0.2, 0.25) is 0 Å². The van der Waals surface area contributed by atoms with Crippen molar-refractivity contribution in [2.75, 3.05) is 19.8 Å². The molecule has 0 aromatic heterocycles. The number of hydrogen-bond acceptors (Lipinski definition) is 10. The van der Waals surface area contributed by atoms with E-state index in [-0.39, 0.29) is 26.1 Å². The van der Waals surface area contributed by atoms with Crippen LogP contribution in [0, 0.1) is 0 Å². The molecule has 0 aromatic carbocycles. The molecule has 0 bridgehead atoms. The Morgan fingerprint density at radius 1 is 0.542 bits per heavy atom. The van der Waals surface area contributed by atoms with Gasteiger partial charge in [0.15, 0.2) is 12.4 Å². The standard InChI is InChI=1S/C49H80O10/c1-3-5-7-9-11-13-15-17-19-20-21-22-24-26-28-30-32-34-36-38-45(52)58-42(41-57-49-48(55)47(54)46(53)43(39-50)59-49)40-56-44(51)37-35-33-31-29-27-25-23-18-16-14-12-10-8-6-4-2/h11,13-14,16-19,21-23,26,28,32,34,42-43,46-50,53-55H,3-10,12,15,20,24-25,27,29-31,33,35-41H2,1-2H3/b13-11+,16-14+,19-17+,22-21+,23-18+,28-26+,34-32+/t42-,43-,46+,47?,48?,49-/m1/s1. The molecule has 0 spiro atoms. The number of hydrogen-bond donors (Lipinski definition) is 4. The molecule has 1 aliphatic heterocycles. The molecule has 10 nitrogen and oxygen atoms in total. The molecule has 2 unspecified atom stereocenters. The summed E-state index contributed by atoms with van der Waals surface area (Å²) in [6.07, 6.45) is 43.1. The molecule has 1 rings (SSSR count). The highest BCUT2D eigenvalue weighted by molar-refractivity contribution is 5.70. The second kappa shape index (κ2) is 39.0. The molecule has 0 aromatic rings. The summed E-state index contributed by atoms with van der Waals surface area (Å²) < 4.78 is 22.0. The molecule has 1 saturated heterocycles. The molecule has 4 N–H and O–H groups in total. The van der Waals surface area contributed by atoms with Gasteiger partial charge in [0.05, 0.1) is 13.2 Å². The van der Waals surface area contributed by atoms with Crippen molar-refractivity contribution >= 4 is 11.9 Å². The Morgan fingerprint density at radius 3 is 1.63 bits per heavy atom. The lowest BCUT2D eigenvalue weighted by molar-refractivity contribution is -0.305. The number of carbonyl (C=O) groups is 2. The fourth-order valence-corrected chi connectivity index (χ4v) is 6.16. The van der Waals surface area contributed by atoms with Crippen molar-refractivity contribution in [1.29, 1.82) is 0 Å². The highest BCUT2D eigenvalue weighted by Crippen LogP contribution is 2.22. The average Bonchev–Trinajstić information content (AvgIpc) is 3.23. The third-order valence-corrected chi connectivity index (χ3v) is 9.79. The summed E-state index contributed by atoms with van der Waals surface area (Å²) >= 11 is 0. The molecule has 0 radical (unpaired) electrons. The predicted octanol–water partition coefficient (Wildman–Crippen LogP) is 9.77. The van der Waals surface area contributed by atoms with E-state index in [4.69, 9.17) is 18.9 Å². The summed E-state index contributed by atoms with van der Waals surface area (Å²) in [5, 5.41) is 40.1. The zero-order valence-electron chi connectivity index (χ0n) is 36.5. The average molecular weight is 829 g/mol. The third kappa shape index (κ3) is 30.5. The minimum Gasteiger partial charge on any atom is -0.462 e. The fourth-order valence-electron chi connectivity index (χ4n) is 6.16. The smallest absolute Gasteiger partial charge is 0.306 e. The zero-order chi connectivity index (χ0) is 43.0. The molecule has 59 heavy (non-hydrogen) atoms. The van der Waals surface area contributed by atoms with Crippen LogP contribution >= 0.6 is 0 Å².